The smallest absolute Gasteiger partial charge is 0.266 e. The normalized spacial score (nSPS) is 21.5. The molecule has 5 rings (SSSR count). The molecule has 0 spiro atoms. The first-order valence-electron chi connectivity index (χ1n) is 10.7. The molecule has 1 unspecified atom stereocenters. The minimum Gasteiger partial charge on any atom is -0.493 e. The van der Waals surface area contributed by atoms with Crippen LogP contribution < -0.4 is 9.46 Å². The van der Waals surface area contributed by atoms with E-state index >= 15 is 4.39 Å². The standard InChI is InChI=1S/C23H24FN3O3S2/c24-19-13-18-20(27-10-4-7-17(15-27)16-5-2-1-3-6-16)8-11-30-21(18)14-22(19)32(28,29)26-23-25-9-12-31-23/h1-3,5-6,9,12-14,17,20H,4,7-8,10-11,15H2,(H,25,26)/t17?,20-/m1/s1. The third kappa shape index (κ3) is 4.24. The third-order valence-corrected chi connectivity index (χ3v) is 8.35. The van der Waals surface area contributed by atoms with Gasteiger partial charge in [-0.15, -0.1) is 11.3 Å². The van der Waals surface area contributed by atoms with Crippen LogP contribution in [-0.4, -0.2) is 38.0 Å². The topological polar surface area (TPSA) is 71.5 Å². The summed E-state index contributed by atoms with van der Waals surface area (Å²) in [5.74, 6) is 0.0900. The van der Waals surface area contributed by atoms with Crippen molar-refractivity contribution in [2.75, 3.05) is 24.4 Å². The number of likely N-dealkylation sites (tertiary alicyclic amines) is 1. The number of aromatic nitrogens is 1. The molecule has 2 atom stereocenters. The fourth-order valence-corrected chi connectivity index (χ4v) is 6.55. The Kier molecular flexibility index (Phi) is 5.88. The maximum atomic E-state index is 15.1. The second-order valence-electron chi connectivity index (χ2n) is 8.16. The molecule has 2 aliphatic rings. The van der Waals surface area contributed by atoms with Crippen LogP contribution >= 0.6 is 11.3 Å². The van der Waals surface area contributed by atoms with Crippen molar-refractivity contribution in [1.82, 2.24) is 9.88 Å². The summed E-state index contributed by atoms with van der Waals surface area (Å²) in [6.07, 6.45) is 4.43. The number of hydrogen-bond acceptors (Lipinski definition) is 6. The molecule has 0 aliphatic carbocycles. The lowest BCUT2D eigenvalue weighted by Crippen LogP contribution is -2.39. The van der Waals surface area contributed by atoms with Crippen molar-refractivity contribution in [3.05, 3.63) is 71.0 Å². The summed E-state index contributed by atoms with van der Waals surface area (Å²) in [6, 6.07) is 13.1. The molecule has 3 heterocycles. The number of hydrogen-bond donors (Lipinski definition) is 1. The SMILES string of the molecule is O=S(=O)(Nc1nccs1)c1cc2c(cc1F)[C@H](N1CCCC(c3ccccc3)C1)CCO2. The van der Waals surface area contributed by atoms with Crippen LogP contribution in [0.3, 0.4) is 0 Å². The third-order valence-electron chi connectivity index (χ3n) is 6.18. The van der Waals surface area contributed by atoms with Crippen molar-refractivity contribution in [3.8, 4) is 5.75 Å². The quantitative estimate of drug-likeness (QED) is 0.577. The first-order valence-corrected chi connectivity index (χ1v) is 13.0. The fourth-order valence-electron chi connectivity index (χ4n) is 4.69. The number of anilines is 1. The van der Waals surface area contributed by atoms with E-state index in [2.05, 4.69) is 38.9 Å². The second kappa shape index (κ2) is 8.80. The van der Waals surface area contributed by atoms with Gasteiger partial charge in [0.15, 0.2) is 5.13 Å². The first kappa shape index (κ1) is 21.4. The summed E-state index contributed by atoms with van der Waals surface area (Å²) in [5, 5.41) is 1.84. The van der Waals surface area contributed by atoms with Gasteiger partial charge in [-0.25, -0.2) is 17.8 Å². The molecule has 0 bridgehead atoms. The number of piperidine rings is 1. The fraction of sp³-hybridized carbons (Fsp3) is 0.348. The molecule has 0 radical (unpaired) electrons. The summed E-state index contributed by atoms with van der Waals surface area (Å²) in [5.41, 5.74) is 2.04. The molecule has 168 valence electrons. The van der Waals surface area contributed by atoms with Crippen LogP contribution in [-0.2, 0) is 10.0 Å². The van der Waals surface area contributed by atoms with E-state index in [1.54, 1.807) is 5.38 Å². The van der Waals surface area contributed by atoms with Crippen molar-refractivity contribution in [1.29, 1.82) is 0 Å². The minimum absolute atomic E-state index is 0.00318. The Labute approximate surface area is 191 Å². The van der Waals surface area contributed by atoms with Crippen molar-refractivity contribution in [3.63, 3.8) is 0 Å². The van der Waals surface area contributed by atoms with Gasteiger partial charge in [0.25, 0.3) is 10.0 Å². The van der Waals surface area contributed by atoms with Crippen LogP contribution in [0.25, 0.3) is 0 Å². The van der Waals surface area contributed by atoms with E-state index in [1.807, 2.05) is 6.07 Å². The molecule has 32 heavy (non-hydrogen) atoms. The van der Waals surface area contributed by atoms with Crippen LogP contribution in [0.15, 0.2) is 58.9 Å². The van der Waals surface area contributed by atoms with Crippen LogP contribution in [0.5, 0.6) is 5.75 Å². The Bertz CT molecular complexity index is 1190. The van der Waals surface area contributed by atoms with Gasteiger partial charge in [-0.3, -0.25) is 9.62 Å². The maximum absolute atomic E-state index is 15.1. The lowest BCUT2D eigenvalue weighted by molar-refractivity contribution is 0.108. The molecule has 1 fully saturated rings. The highest BCUT2D eigenvalue weighted by Gasteiger charge is 2.33. The Hall–Kier alpha value is -2.49. The number of nitrogens with one attached hydrogen (secondary N) is 1. The number of rotatable bonds is 5. The van der Waals surface area contributed by atoms with Gasteiger partial charge < -0.3 is 4.74 Å². The number of benzene rings is 2. The molecular formula is C23H24FN3O3S2. The maximum Gasteiger partial charge on any atom is 0.266 e. The van der Waals surface area contributed by atoms with Crippen LogP contribution in [0, 0.1) is 5.82 Å². The Balaban J connectivity index is 1.42. The summed E-state index contributed by atoms with van der Waals surface area (Å²) in [6.45, 7) is 2.29. The van der Waals surface area contributed by atoms with Gasteiger partial charge in [-0.05, 0) is 36.9 Å². The molecule has 0 amide bonds. The number of thiazole rings is 1. The molecular weight excluding hydrogens is 449 g/mol. The Morgan fingerprint density at radius 1 is 1.19 bits per heavy atom. The van der Waals surface area contributed by atoms with E-state index < -0.39 is 20.7 Å². The molecule has 2 aromatic carbocycles. The number of fused-ring (bicyclic) bond motifs is 1. The molecule has 1 saturated heterocycles. The number of halogens is 1. The minimum atomic E-state index is -4.11. The number of ether oxygens (including phenoxy) is 1. The molecule has 2 aliphatic heterocycles. The summed E-state index contributed by atoms with van der Waals surface area (Å²) >= 11 is 1.13. The van der Waals surface area contributed by atoms with Gasteiger partial charge in [0.05, 0.1) is 6.61 Å². The van der Waals surface area contributed by atoms with Gasteiger partial charge in [-0.1, -0.05) is 30.3 Å². The van der Waals surface area contributed by atoms with E-state index in [9.17, 15) is 8.42 Å². The Morgan fingerprint density at radius 3 is 2.81 bits per heavy atom. The molecule has 3 aromatic rings. The Morgan fingerprint density at radius 2 is 2.03 bits per heavy atom. The molecule has 9 heteroatoms. The average molecular weight is 474 g/mol. The van der Waals surface area contributed by atoms with Crippen LogP contribution in [0.1, 0.15) is 42.3 Å². The second-order valence-corrected chi connectivity index (χ2v) is 10.7. The van der Waals surface area contributed by atoms with E-state index in [0.29, 0.717) is 18.3 Å². The zero-order valence-corrected chi connectivity index (χ0v) is 19.0. The van der Waals surface area contributed by atoms with Crippen molar-refractivity contribution in [2.45, 2.75) is 36.1 Å². The van der Waals surface area contributed by atoms with E-state index in [-0.39, 0.29) is 11.2 Å². The van der Waals surface area contributed by atoms with Gasteiger partial charge in [0.1, 0.15) is 16.5 Å². The summed E-state index contributed by atoms with van der Waals surface area (Å²) < 4.78 is 48.7. The molecule has 6 nitrogen and oxygen atoms in total. The van der Waals surface area contributed by atoms with E-state index in [4.69, 9.17) is 4.74 Å². The van der Waals surface area contributed by atoms with E-state index in [1.165, 1.54) is 23.9 Å². The van der Waals surface area contributed by atoms with Crippen molar-refractivity contribution < 1.29 is 17.5 Å². The number of sulfonamides is 1. The van der Waals surface area contributed by atoms with Gasteiger partial charge in [-0.2, -0.15) is 0 Å². The highest BCUT2D eigenvalue weighted by Crippen LogP contribution is 2.41. The van der Waals surface area contributed by atoms with Crippen LogP contribution in [0.2, 0.25) is 0 Å². The van der Waals surface area contributed by atoms with Gasteiger partial charge in [0.2, 0.25) is 0 Å². The largest absolute Gasteiger partial charge is 0.493 e. The summed E-state index contributed by atoms with van der Waals surface area (Å²) in [7, 11) is -4.11. The lowest BCUT2D eigenvalue weighted by Gasteiger charge is -2.41. The average Bonchev–Trinajstić information content (AvgIpc) is 3.31. The highest BCUT2D eigenvalue weighted by atomic mass is 32.2. The zero-order valence-electron chi connectivity index (χ0n) is 17.4. The monoisotopic (exact) mass is 473 g/mol. The zero-order chi connectivity index (χ0) is 22.1. The van der Waals surface area contributed by atoms with Gasteiger partial charge >= 0.3 is 0 Å². The lowest BCUT2D eigenvalue weighted by atomic mass is 9.88. The summed E-state index contributed by atoms with van der Waals surface area (Å²) in [4.78, 5) is 5.89. The van der Waals surface area contributed by atoms with Crippen molar-refractivity contribution in [2.24, 2.45) is 0 Å². The number of nitrogens with zero attached hydrogens (tertiary/aromatic N) is 2. The predicted octanol–water partition coefficient (Wildman–Crippen LogP) is 4.79. The first-order chi connectivity index (χ1) is 15.5. The molecule has 1 aromatic heterocycles. The molecule has 0 saturated carbocycles. The molecule has 1 N–H and O–H groups in total. The van der Waals surface area contributed by atoms with E-state index in [0.717, 1.165) is 49.3 Å². The highest BCUT2D eigenvalue weighted by molar-refractivity contribution is 7.93. The van der Waals surface area contributed by atoms with Gasteiger partial charge in [0, 0.05) is 42.2 Å². The van der Waals surface area contributed by atoms with Crippen LogP contribution in [0.4, 0.5) is 9.52 Å². The predicted molar refractivity (Wildman–Crippen MR) is 122 cm³/mol. The van der Waals surface area contributed by atoms with Crippen molar-refractivity contribution >= 4 is 26.5 Å².